The van der Waals surface area contributed by atoms with Crippen LogP contribution in [-0.2, 0) is 10.0 Å². The highest BCUT2D eigenvalue weighted by Gasteiger charge is 2.28. The molecule has 10 heteroatoms. The van der Waals surface area contributed by atoms with Gasteiger partial charge < -0.3 is 5.32 Å². The predicted molar refractivity (Wildman–Crippen MR) is 103 cm³/mol. The highest BCUT2D eigenvalue weighted by molar-refractivity contribution is 7.89. The molecule has 0 radical (unpaired) electrons. The third-order valence-corrected chi connectivity index (χ3v) is 7.02. The molecule has 2 aromatic carbocycles. The number of nitrogens with one attached hydrogen (secondary N) is 1. The van der Waals surface area contributed by atoms with Crippen molar-refractivity contribution in [3.8, 4) is 0 Å². The van der Waals surface area contributed by atoms with Crippen LogP contribution in [-0.4, -0.2) is 31.7 Å². The van der Waals surface area contributed by atoms with E-state index in [0.717, 1.165) is 25.7 Å². The number of sulfonamides is 1. The largest absolute Gasteiger partial charge is 0.322 e. The van der Waals surface area contributed by atoms with E-state index in [1.54, 1.807) is 6.92 Å². The van der Waals surface area contributed by atoms with Crippen LogP contribution in [0, 0.1) is 30.2 Å². The summed E-state index contributed by atoms with van der Waals surface area (Å²) >= 11 is 0. The van der Waals surface area contributed by atoms with Crippen molar-refractivity contribution < 1.29 is 30.8 Å². The molecule has 5 nitrogen and oxygen atoms in total. The third-order valence-electron chi connectivity index (χ3n) is 4.98. The van der Waals surface area contributed by atoms with E-state index in [1.807, 2.05) is 0 Å². The highest BCUT2D eigenvalue weighted by Crippen LogP contribution is 2.27. The second kappa shape index (κ2) is 8.73. The molecule has 1 N–H and O–H groups in total. The summed E-state index contributed by atoms with van der Waals surface area (Å²) in [6.45, 7) is 2.37. The molecule has 0 spiro atoms. The van der Waals surface area contributed by atoms with Crippen molar-refractivity contribution in [2.45, 2.75) is 37.5 Å². The van der Waals surface area contributed by atoms with Crippen molar-refractivity contribution in [1.82, 2.24) is 4.31 Å². The normalized spacial score (nSPS) is 15.6. The van der Waals surface area contributed by atoms with E-state index in [4.69, 9.17) is 0 Å². The zero-order valence-corrected chi connectivity index (χ0v) is 17.0. The molecule has 3 rings (SSSR count). The lowest BCUT2D eigenvalue weighted by Gasteiger charge is -2.21. The van der Waals surface area contributed by atoms with Gasteiger partial charge in [-0.25, -0.2) is 26.0 Å². The number of rotatable bonds is 4. The molecule has 0 saturated carbocycles. The lowest BCUT2D eigenvalue weighted by Crippen LogP contribution is -2.32. The number of benzene rings is 2. The van der Waals surface area contributed by atoms with Crippen LogP contribution in [0.25, 0.3) is 0 Å². The van der Waals surface area contributed by atoms with Gasteiger partial charge in [0.1, 0.15) is 0 Å². The summed E-state index contributed by atoms with van der Waals surface area (Å²) in [6, 6.07) is 4.29. The van der Waals surface area contributed by atoms with E-state index in [0.29, 0.717) is 18.7 Å². The average molecular weight is 444 g/mol. The maximum atomic E-state index is 13.9. The molecule has 0 atom stereocenters. The number of carbonyl (C=O) groups excluding carboxylic acids is 1. The summed E-state index contributed by atoms with van der Waals surface area (Å²) in [5.41, 5.74) is -0.602. The molecule has 30 heavy (non-hydrogen) atoms. The first-order valence-electron chi connectivity index (χ1n) is 9.38. The Labute approximate surface area is 171 Å². The minimum atomic E-state index is -3.83. The lowest BCUT2D eigenvalue weighted by atomic mass is 10.1. The van der Waals surface area contributed by atoms with Gasteiger partial charge in [-0.15, -0.1) is 0 Å². The highest BCUT2D eigenvalue weighted by atomic mass is 32.2. The number of amides is 1. The standard InChI is InChI=1S/C20H20F4N2O3S/c1-12-6-7-13(10-16(12)30(28,29)26-8-4-2-3-5-9-26)25-20(27)14-11-15(21)18(23)19(24)17(14)22/h6-7,10-11H,2-5,8-9H2,1H3,(H,25,27). The van der Waals surface area contributed by atoms with Gasteiger partial charge in [0.05, 0.1) is 10.5 Å². The molecular formula is C20H20F4N2O3S. The molecule has 162 valence electrons. The fraction of sp³-hybridized carbons (Fsp3) is 0.350. The fourth-order valence-corrected chi connectivity index (χ4v) is 5.08. The van der Waals surface area contributed by atoms with E-state index in [-0.39, 0.29) is 16.6 Å². The van der Waals surface area contributed by atoms with Gasteiger partial charge in [-0.1, -0.05) is 18.9 Å². The van der Waals surface area contributed by atoms with Crippen molar-refractivity contribution in [2.24, 2.45) is 0 Å². The molecule has 1 aliphatic heterocycles. The number of hydrogen-bond donors (Lipinski definition) is 1. The van der Waals surface area contributed by atoms with Gasteiger partial charge in [0.2, 0.25) is 10.0 Å². The first-order chi connectivity index (χ1) is 14.1. The van der Waals surface area contributed by atoms with Crippen molar-refractivity contribution >= 4 is 21.6 Å². The SMILES string of the molecule is Cc1ccc(NC(=O)c2cc(F)c(F)c(F)c2F)cc1S(=O)(=O)N1CCCCCC1. The number of anilines is 1. The molecule has 0 unspecified atom stereocenters. The summed E-state index contributed by atoms with van der Waals surface area (Å²) in [7, 11) is -3.83. The molecule has 1 aliphatic rings. The summed E-state index contributed by atoms with van der Waals surface area (Å²) < 4.78 is 81.3. The fourth-order valence-electron chi connectivity index (χ4n) is 3.31. The van der Waals surface area contributed by atoms with Crippen molar-refractivity contribution in [2.75, 3.05) is 18.4 Å². The first-order valence-corrected chi connectivity index (χ1v) is 10.8. The van der Waals surface area contributed by atoms with Gasteiger partial charge in [0.15, 0.2) is 23.3 Å². The smallest absolute Gasteiger partial charge is 0.258 e. The zero-order valence-electron chi connectivity index (χ0n) is 16.1. The van der Waals surface area contributed by atoms with E-state index >= 15 is 0 Å². The second-order valence-corrected chi connectivity index (χ2v) is 9.01. The Morgan fingerprint density at radius 2 is 1.57 bits per heavy atom. The molecule has 1 fully saturated rings. The number of hydrogen-bond acceptors (Lipinski definition) is 3. The van der Waals surface area contributed by atoms with Crippen LogP contribution in [0.3, 0.4) is 0 Å². The molecule has 0 aliphatic carbocycles. The predicted octanol–water partition coefficient (Wildman–Crippen LogP) is 4.37. The average Bonchev–Trinajstić information content (AvgIpc) is 3.00. The van der Waals surface area contributed by atoms with Crippen LogP contribution >= 0.6 is 0 Å². The molecular weight excluding hydrogens is 424 g/mol. The van der Waals surface area contributed by atoms with Crippen LogP contribution in [0.4, 0.5) is 23.2 Å². The molecule has 1 amide bonds. The van der Waals surface area contributed by atoms with Gasteiger partial charge in [0.25, 0.3) is 5.91 Å². The van der Waals surface area contributed by atoms with Gasteiger partial charge >= 0.3 is 0 Å². The first kappa shape index (κ1) is 22.2. The van der Waals surface area contributed by atoms with Gasteiger partial charge in [-0.3, -0.25) is 4.79 Å². The van der Waals surface area contributed by atoms with Crippen molar-refractivity contribution in [1.29, 1.82) is 0 Å². The Morgan fingerprint density at radius 3 is 2.20 bits per heavy atom. The quantitative estimate of drug-likeness (QED) is 0.433. The number of aryl methyl sites for hydroxylation is 1. The monoisotopic (exact) mass is 444 g/mol. The second-order valence-electron chi connectivity index (χ2n) is 7.10. The third kappa shape index (κ3) is 4.34. The summed E-state index contributed by atoms with van der Waals surface area (Å²) in [5.74, 6) is -8.92. The Balaban J connectivity index is 1.91. The van der Waals surface area contributed by atoms with Gasteiger partial charge in [-0.05, 0) is 43.5 Å². The Bertz CT molecular complexity index is 1080. The van der Waals surface area contributed by atoms with E-state index in [9.17, 15) is 30.8 Å². The Kier molecular flexibility index (Phi) is 6.47. The Morgan fingerprint density at radius 1 is 0.933 bits per heavy atom. The van der Waals surface area contributed by atoms with Crippen molar-refractivity contribution in [3.63, 3.8) is 0 Å². The van der Waals surface area contributed by atoms with Crippen LogP contribution < -0.4 is 5.32 Å². The summed E-state index contributed by atoms with van der Waals surface area (Å²) in [4.78, 5) is 12.2. The Hall–Kier alpha value is -2.46. The van der Waals surface area contributed by atoms with Crippen LogP contribution in [0.5, 0.6) is 0 Å². The lowest BCUT2D eigenvalue weighted by molar-refractivity contribution is 0.102. The number of carbonyl (C=O) groups is 1. The summed E-state index contributed by atoms with van der Waals surface area (Å²) in [6.07, 6.45) is 3.38. The van der Waals surface area contributed by atoms with Crippen LogP contribution in [0.1, 0.15) is 41.6 Å². The minimum Gasteiger partial charge on any atom is -0.322 e. The molecule has 0 aromatic heterocycles. The van der Waals surface area contributed by atoms with Gasteiger partial charge in [-0.2, -0.15) is 4.31 Å². The molecule has 1 saturated heterocycles. The van der Waals surface area contributed by atoms with Crippen LogP contribution in [0.2, 0.25) is 0 Å². The molecule has 0 bridgehead atoms. The molecule has 1 heterocycles. The maximum absolute atomic E-state index is 13.9. The number of nitrogens with zero attached hydrogens (tertiary/aromatic N) is 1. The maximum Gasteiger partial charge on any atom is 0.258 e. The van der Waals surface area contributed by atoms with E-state index in [2.05, 4.69) is 5.32 Å². The van der Waals surface area contributed by atoms with Gasteiger partial charge in [0, 0.05) is 18.8 Å². The molecule has 2 aromatic rings. The zero-order chi connectivity index (χ0) is 22.1. The van der Waals surface area contributed by atoms with E-state index in [1.165, 1.54) is 22.5 Å². The van der Waals surface area contributed by atoms with Crippen LogP contribution in [0.15, 0.2) is 29.2 Å². The number of halogens is 4. The topological polar surface area (TPSA) is 66.5 Å². The van der Waals surface area contributed by atoms with Crippen molar-refractivity contribution in [3.05, 3.63) is 58.7 Å². The summed E-state index contributed by atoms with van der Waals surface area (Å²) in [5, 5.41) is 2.21. The minimum absolute atomic E-state index is 0.0106. The van der Waals surface area contributed by atoms with E-state index < -0.39 is 44.8 Å².